The topological polar surface area (TPSA) is 28.2 Å². The Bertz CT molecular complexity index is 712. The van der Waals surface area contributed by atoms with Crippen molar-refractivity contribution < 1.29 is 13.2 Å². The second-order valence-corrected chi connectivity index (χ2v) is 5.28. The quantitative estimate of drug-likeness (QED) is 0.867. The lowest BCUT2D eigenvalue weighted by molar-refractivity contribution is -0.137. The summed E-state index contributed by atoms with van der Waals surface area (Å²) in [6.45, 7) is 0.995. The zero-order valence-corrected chi connectivity index (χ0v) is 11.0. The summed E-state index contributed by atoms with van der Waals surface area (Å²) in [4.78, 5) is 6.67. The van der Waals surface area contributed by atoms with Crippen molar-refractivity contribution in [3.05, 3.63) is 42.0 Å². The van der Waals surface area contributed by atoms with E-state index >= 15 is 0 Å². The van der Waals surface area contributed by atoms with E-state index in [4.69, 9.17) is 0 Å². The summed E-state index contributed by atoms with van der Waals surface area (Å²) in [6, 6.07) is 8.96. The molecule has 2 aromatic rings. The number of hydrogen-bond acceptors (Lipinski definition) is 3. The maximum absolute atomic E-state index is 12.8. The number of halogens is 3. The molecule has 3 heterocycles. The van der Waals surface area contributed by atoms with Crippen LogP contribution in [0.4, 0.5) is 24.7 Å². The van der Waals surface area contributed by atoms with Crippen LogP contribution >= 0.6 is 0 Å². The molecule has 1 saturated heterocycles. The maximum atomic E-state index is 12.8. The van der Waals surface area contributed by atoms with Crippen molar-refractivity contribution in [1.29, 1.82) is 0 Å². The molecule has 4 rings (SSSR count). The van der Waals surface area contributed by atoms with E-state index in [0.717, 1.165) is 36.6 Å². The normalized spacial score (nSPS) is 19.6. The molecule has 21 heavy (non-hydrogen) atoms. The first kappa shape index (κ1) is 12.5. The van der Waals surface area contributed by atoms with Gasteiger partial charge in [0, 0.05) is 18.5 Å². The summed E-state index contributed by atoms with van der Waals surface area (Å²) in [5.41, 5.74) is 1.40. The number of rotatable bonds is 1. The van der Waals surface area contributed by atoms with Crippen LogP contribution in [-0.2, 0) is 6.18 Å². The van der Waals surface area contributed by atoms with Crippen molar-refractivity contribution in [3.63, 3.8) is 0 Å². The first-order valence-corrected chi connectivity index (χ1v) is 6.74. The summed E-state index contributed by atoms with van der Waals surface area (Å²) in [6.07, 6.45) is -2.98. The van der Waals surface area contributed by atoms with Crippen LogP contribution in [0.2, 0.25) is 0 Å². The Hall–Kier alpha value is -2.24. The lowest BCUT2D eigenvalue weighted by atomic mass is 10.1. The van der Waals surface area contributed by atoms with Gasteiger partial charge in [0.1, 0.15) is 6.17 Å². The standard InChI is InChI=1S/C15H12F3N3/c16-15(17,18)10-3-1-2-9(8-10)11-4-5-12-14(19-11)20-13-6-7-21(12)13/h1-5,8,13H,6-7H2,(H,19,20)/t13-/m1/s1. The number of nitrogens with one attached hydrogen (secondary N) is 1. The molecule has 1 fully saturated rings. The Labute approximate surface area is 119 Å². The third-order valence-corrected chi connectivity index (χ3v) is 3.99. The summed E-state index contributed by atoms with van der Waals surface area (Å²) in [7, 11) is 0. The van der Waals surface area contributed by atoms with Crippen LogP contribution in [0.5, 0.6) is 0 Å². The smallest absolute Gasteiger partial charge is 0.348 e. The van der Waals surface area contributed by atoms with Crippen LogP contribution in [0, 0.1) is 0 Å². The van der Waals surface area contributed by atoms with E-state index in [1.54, 1.807) is 12.1 Å². The number of anilines is 2. The molecule has 1 N–H and O–H groups in total. The van der Waals surface area contributed by atoms with Crippen LogP contribution < -0.4 is 10.2 Å². The largest absolute Gasteiger partial charge is 0.416 e. The molecule has 1 aromatic carbocycles. The Kier molecular flexibility index (Phi) is 2.46. The molecule has 2 aliphatic heterocycles. The number of fused-ring (bicyclic) bond motifs is 3. The molecule has 2 aliphatic rings. The van der Waals surface area contributed by atoms with E-state index in [1.165, 1.54) is 6.07 Å². The second kappa shape index (κ2) is 4.13. The molecule has 0 unspecified atom stereocenters. The van der Waals surface area contributed by atoms with Gasteiger partial charge in [-0.15, -0.1) is 0 Å². The molecule has 0 spiro atoms. The van der Waals surface area contributed by atoms with E-state index in [0.29, 0.717) is 17.4 Å². The third-order valence-electron chi connectivity index (χ3n) is 3.99. The fraction of sp³-hybridized carbons (Fsp3) is 0.267. The van der Waals surface area contributed by atoms with Gasteiger partial charge in [0.15, 0.2) is 5.82 Å². The molecule has 1 aromatic heterocycles. The first-order chi connectivity index (χ1) is 10.0. The van der Waals surface area contributed by atoms with E-state index in [2.05, 4.69) is 15.2 Å². The number of benzene rings is 1. The lowest BCUT2D eigenvalue weighted by Gasteiger charge is -2.36. The number of nitrogens with zero attached hydrogens (tertiary/aromatic N) is 2. The van der Waals surface area contributed by atoms with Gasteiger partial charge >= 0.3 is 6.18 Å². The molecule has 1 atom stereocenters. The van der Waals surface area contributed by atoms with Crippen molar-refractivity contribution in [2.75, 3.05) is 16.8 Å². The van der Waals surface area contributed by atoms with E-state index in [-0.39, 0.29) is 0 Å². The highest BCUT2D eigenvalue weighted by atomic mass is 19.4. The second-order valence-electron chi connectivity index (χ2n) is 5.28. The van der Waals surface area contributed by atoms with Gasteiger partial charge in [-0.2, -0.15) is 13.2 Å². The molecule has 0 amide bonds. The predicted molar refractivity (Wildman–Crippen MR) is 74.0 cm³/mol. The molecule has 0 radical (unpaired) electrons. The Morgan fingerprint density at radius 3 is 2.76 bits per heavy atom. The Morgan fingerprint density at radius 2 is 2.05 bits per heavy atom. The lowest BCUT2D eigenvalue weighted by Crippen LogP contribution is -2.48. The number of pyridine rings is 1. The van der Waals surface area contributed by atoms with Crippen LogP contribution in [0.1, 0.15) is 12.0 Å². The van der Waals surface area contributed by atoms with Crippen molar-refractivity contribution in [3.8, 4) is 11.3 Å². The van der Waals surface area contributed by atoms with E-state index in [1.807, 2.05) is 6.07 Å². The number of alkyl halides is 3. The minimum Gasteiger partial charge on any atom is -0.348 e. The zero-order valence-electron chi connectivity index (χ0n) is 11.0. The van der Waals surface area contributed by atoms with E-state index < -0.39 is 11.7 Å². The van der Waals surface area contributed by atoms with Crippen LogP contribution in [0.25, 0.3) is 11.3 Å². The van der Waals surface area contributed by atoms with Crippen molar-refractivity contribution in [1.82, 2.24) is 4.98 Å². The summed E-state index contributed by atoms with van der Waals surface area (Å²) in [5.74, 6) is 0.757. The molecule has 0 aliphatic carbocycles. The Morgan fingerprint density at radius 1 is 1.19 bits per heavy atom. The van der Waals surface area contributed by atoms with Gasteiger partial charge in [0.2, 0.25) is 0 Å². The van der Waals surface area contributed by atoms with Gasteiger partial charge < -0.3 is 10.2 Å². The molecule has 0 saturated carbocycles. The minimum absolute atomic E-state index is 0.296. The van der Waals surface area contributed by atoms with Crippen molar-refractivity contribution in [2.45, 2.75) is 18.8 Å². The molecular formula is C15H12F3N3. The van der Waals surface area contributed by atoms with Gasteiger partial charge in [0.25, 0.3) is 0 Å². The van der Waals surface area contributed by atoms with Gasteiger partial charge in [-0.3, -0.25) is 0 Å². The molecule has 108 valence electrons. The van der Waals surface area contributed by atoms with Gasteiger partial charge in [-0.25, -0.2) is 4.98 Å². The Balaban J connectivity index is 1.73. The molecule has 0 bridgehead atoms. The van der Waals surface area contributed by atoms with Crippen LogP contribution in [0.3, 0.4) is 0 Å². The average molecular weight is 291 g/mol. The van der Waals surface area contributed by atoms with Gasteiger partial charge in [-0.05, 0) is 24.3 Å². The van der Waals surface area contributed by atoms with E-state index in [9.17, 15) is 13.2 Å². The fourth-order valence-corrected chi connectivity index (χ4v) is 2.79. The summed E-state index contributed by atoms with van der Waals surface area (Å²) < 4.78 is 38.3. The maximum Gasteiger partial charge on any atom is 0.416 e. The number of hydrogen-bond donors (Lipinski definition) is 1. The third kappa shape index (κ3) is 1.93. The highest BCUT2D eigenvalue weighted by Crippen LogP contribution is 2.40. The van der Waals surface area contributed by atoms with Crippen molar-refractivity contribution >= 4 is 11.5 Å². The van der Waals surface area contributed by atoms with Crippen molar-refractivity contribution in [2.24, 2.45) is 0 Å². The molecule has 3 nitrogen and oxygen atoms in total. The molecule has 6 heteroatoms. The monoisotopic (exact) mass is 291 g/mol. The fourth-order valence-electron chi connectivity index (χ4n) is 2.79. The summed E-state index contributed by atoms with van der Waals surface area (Å²) in [5, 5.41) is 3.28. The average Bonchev–Trinajstić information content (AvgIpc) is 2.68. The summed E-state index contributed by atoms with van der Waals surface area (Å²) >= 11 is 0. The van der Waals surface area contributed by atoms with Gasteiger partial charge in [0.05, 0.1) is 16.9 Å². The SMILES string of the molecule is FC(F)(F)c1cccc(-c2ccc3c(n2)N[C@H]2CCN32)c1. The highest BCUT2D eigenvalue weighted by molar-refractivity contribution is 5.77. The van der Waals surface area contributed by atoms with Crippen LogP contribution in [0.15, 0.2) is 36.4 Å². The zero-order chi connectivity index (χ0) is 14.6. The predicted octanol–water partition coefficient (Wildman–Crippen LogP) is 3.73. The minimum atomic E-state index is -4.34. The first-order valence-electron chi connectivity index (χ1n) is 6.74. The highest BCUT2D eigenvalue weighted by Gasteiger charge is 2.36. The van der Waals surface area contributed by atoms with Gasteiger partial charge in [-0.1, -0.05) is 12.1 Å². The molecular weight excluding hydrogens is 279 g/mol. The van der Waals surface area contributed by atoms with Crippen LogP contribution in [-0.4, -0.2) is 17.7 Å². The number of aromatic nitrogens is 1.